The second kappa shape index (κ2) is 9.04. The second-order valence-corrected chi connectivity index (χ2v) is 6.61. The van der Waals surface area contributed by atoms with Crippen LogP contribution in [-0.4, -0.2) is 11.1 Å². The molecule has 3 nitrogen and oxygen atoms in total. The molecule has 0 spiro atoms. The number of hydrogen-bond acceptors (Lipinski definition) is 3. The standard InChI is InChI=1S/C24H24O3/c1-2-3-4-5-18-6-8-19(9-7-18)20-12-16-23(17-13-20)27-24(26)21-10-14-22(25)15-11-21/h6-17,25H,2-5H2,1H3. The van der Waals surface area contributed by atoms with Crippen molar-refractivity contribution in [3.63, 3.8) is 0 Å². The summed E-state index contributed by atoms with van der Waals surface area (Å²) in [7, 11) is 0. The summed E-state index contributed by atoms with van der Waals surface area (Å²) in [6, 6.07) is 22.1. The molecule has 0 aliphatic heterocycles. The number of aryl methyl sites for hydroxylation is 1. The minimum atomic E-state index is -0.445. The van der Waals surface area contributed by atoms with Crippen molar-refractivity contribution in [2.24, 2.45) is 0 Å². The van der Waals surface area contributed by atoms with Gasteiger partial charge in [-0.2, -0.15) is 0 Å². The lowest BCUT2D eigenvalue weighted by atomic mass is 10.0. The van der Waals surface area contributed by atoms with Crippen LogP contribution in [0.3, 0.4) is 0 Å². The van der Waals surface area contributed by atoms with E-state index in [1.165, 1.54) is 49.1 Å². The average Bonchev–Trinajstić information content (AvgIpc) is 2.70. The molecule has 0 heterocycles. The highest BCUT2D eigenvalue weighted by atomic mass is 16.5. The number of aromatic hydroxyl groups is 1. The van der Waals surface area contributed by atoms with E-state index in [9.17, 15) is 9.90 Å². The molecule has 27 heavy (non-hydrogen) atoms. The molecule has 3 aromatic carbocycles. The van der Waals surface area contributed by atoms with E-state index in [-0.39, 0.29) is 5.75 Å². The Morgan fingerprint density at radius 1 is 0.815 bits per heavy atom. The minimum absolute atomic E-state index is 0.118. The van der Waals surface area contributed by atoms with Crippen molar-refractivity contribution in [2.45, 2.75) is 32.6 Å². The molecule has 0 bridgehead atoms. The first-order valence-corrected chi connectivity index (χ1v) is 9.36. The Balaban J connectivity index is 1.62. The zero-order valence-corrected chi connectivity index (χ0v) is 15.5. The van der Waals surface area contributed by atoms with Gasteiger partial charge in [-0.3, -0.25) is 0 Å². The van der Waals surface area contributed by atoms with E-state index in [4.69, 9.17) is 4.74 Å². The molecule has 0 aliphatic rings. The first kappa shape index (κ1) is 18.7. The van der Waals surface area contributed by atoms with Gasteiger partial charge in [-0.05, 0) is 65.9 Å². The van der Waals surface area contributed by atoms with Gasteiger partial charge in [-0.1, -0.05) is 56.2 Å². The SMILES string of the molecule is CCCCCc1ccc(-c2ccc(OC(=O)c3ccc(O)cc3)cc2)cc1. The van der Waals surface area contributed by atoms with Crippen LogP contribution >= 0.6 is 0 Å². The van der Waals surface area contributed by atoms with Crippen LogP contribution < -0.4 is 4.74 Å². The number of ether oxygens (including phenoxy) is 1. The molecule has 0 saturated heterocycles. The van der Waals surface area contributed by atoms with Crippen LogP contribution in [-0.2, 0) is 6.42 Å². The number of esters is 1. The smallest absolute Gasteiger partial charge is 0.343 e. The van der Waals surface area contributed by atoms with Crippen molar-refractivity contribution in [3.8, 4) is 22.6 Å². The Kier molecular flexibility index (Phi) is 6.26. The van der Waals surface area contributed by atoms with E-state index < -0.39 is 5.97 Å². The van der Waals surface area contributed by atoms with Crippen LogP contribution in [0.25, 0.3) is 11.1 Å². The highest BCUT2D eigenvalue weighted by Crippen LogP contribution is 2.24. The van der Waals surface area contributed by atoms with Crippen molar-refractivity contribution < 1.29 is 14.6 Å². The molecule has 3 heteroatoms. The number of rotatable bonds is 7. The van der Waals surface area contributed by atoms with Gasteiger partial charge in [0.25, 0.3) is 0 Å². The zero-order chi connectivity index (χ0) is 19.1. The van der Waals surface area contributed by atoms with E-state index >= 15 is 0 Å². The number of hydrogen-bond donors (Lipinski definition) is 1. The first-order valence-electron chi connectivity index (χ1n) is 9.36. The molecule has 0 unspecified atom stereocenters. The fraction of sp³-hybridized carbons (Fsp3) is 0.208. The van der Waals surface area contributed by atoms with Crippen LogP contribution in [0, 0.1) is 0 Å². The largest absolute Gasteiger partial charge is 0.508 e. The third-order valence-corrected chi connectivity index (χ3v) is 4.52. The number of carbonyl (C=O) groups excluding carboxylic acids is 1. The van der Waals surface area contributed by atoms with E-state index in [0.29, 0.717) is 11.3 Å². The number of phenols is 1. The Morgan fingerprint density at radius 2 is 1.41 bits per heavy atom. The first-order chi connectivity index (χ1) is 13.2. The maximum Gasteiger partial charge on any atom is 0.343 e. The van der Waals surface area contributed by atoms with Gasteiger partial charge in [0.05, 0.1) is 5.56 Å². The van der Waals surface area contributed by atoms with Gasteiger partial charge in [-0.25, -0.2) is 4.79 Å². The monoisotopic (exact) mass is 360 g/mol. The zero-order valence-electron chi connectivity index (χ0n) is 15.5. The minimum Gasteiger partial charge on any atom is -0.508 e. The maximum absolute atomic E-state index is 12.1. The molecule has 0 atom stereocenters. The summed E-state index contributed by atoms with van der Waals surface area (Å²) in [5.74, 6) is 0.166. The summed E-state index contributed by atoms with van der Waals surface area (Å²) in [6.45, 7) is 2.22. The summed E-state index contributed by atoms with van der Waals surface area (Å²) in [6.07, 6.45) is 4.87. The van der Waals surface area contributed by atoms with E-state index in [2.05, 4.69) is 31.2 Å². The molecule has 0 fully saturated rings. The molecular weight excluding hydrogens is 336 g/mol. The van der Waals surface area contributed by atoms with Crippen LogP contribution in [0.2, 0.25) is 0 Å². The van der Waals surface area contributed by atoms with Gasteiger partial charge in [0.1, 0.15) is 11.5 Å². The van der Waals surface area contributed by atoms with Crippen molar-refractivity contribution in [3.05, 3.63) is 83.9 Å². The Bertz CT molecular complexity index is 863. The highest BCUT2D eigenvalue weighted by molar-refractivity contribution is 5.91. The lowest BCUT2D eigenvalue weighted by Crippen LogP contribution is -2.07. The molecule has 138 valence electrons. The summed E-state index contributed by atoms with van der Waals surface area (Å²) in [5, 5.41) is 9.29. The number of phenolic OH excluding ortho intramolecular Hbond substituents is 1. The summed E-state index contributed by atoms with van der Waals surface area (Å²) in [5.41, 5.74) is 3.99. The summed E-state index contributed by atoms with van der Waals surface area (Å²) in [4.78, 5) is 12.1. The van der Waals surface area contributed by atoms with Gasteiger partial charge in [0.15, 0.2) is 0 Å². The molecule has 3 aromatic rings. The van der Waals surface area contributed by atoms with E-state index in [1.54, 1.807) is 12.1 Å². The fourth-order valence-electron chi connectivity index (χ4n) is 2.92. The predicted molar refractivity (Wildman–Crippen MR) is 108 cm³/mol. The normalized spacial score (nSPS) is 10.6. The summed E-state index contributed by atoms with van der Waals surface area (Å²) < 4.78 is 5.38. The van der Waals surface area contributed by atoms with Crippen molar-refractivity contribution in [1.82, 2.24) is 0 Å². The van der Waals surface area contributed by atoms with Crippen LogP contribution in [0.4, 0.5) is 0 Å². The molecule has 0 aliphatic carbocycles. The predicted octanol–water partition coefficient (Wildman–Crippen LogP) is 6.01. The lowest BCUT2D eigenvalue weighted by molar-refractivity contribution is 0.0735. The van der Waals surface area contributed by atoms with E-state index in [0.717, 1.165) is 17.5 Å². The van der Waals surface area contributed by atoms with Crippen molar-refractivity contribution in [1.29, 1.82) is 0 Å². The van der Waals surface area contributed by atoms with Gasteiger partial charge in [-0.15, -0.1) is 0 Å². The van der Waals surface area contributed by atoms with E-state index in [1.807, 2.05) is 12.1 Å². The Hall–Kier alpha value is -3.07. The molecule has 3 rings (SSSR count). The van der Waals surface area contributed by atoms with Gasteiger partial charge in [0, 0.05) is 0 Å². The van der Waals surface area contributed by atoms with Gasteiger partial charge < -0.3 is 9.84 Å². The molecule has 0 saturated carbocycles. The Morgan fingerprint density at radius 3 is 2.00 bits per heavy atom. The fourth-order valence-corrected chi connectivity index (χ4v) is 2.92. The van der Waals surface area contributed by atoms with Crippen LogP contribution in [0.1, 0.15) is 42.1 Å². The average molecular weight is 360 g/mol. The highest BCUT2D eigenvalue weighted by Gasteiger charge is 2.08. The molecule has 0 radical (unpaired) electrons. The van der Waals surface area contributed by atoms with Crippen molar-refractivity contribution >= 4 is 5.97 Å². The Labute approximate surface area is 160 Å². The van der Waals surface area contributed by atoms with Gasteiger partial charge >= 0.3 is 5.97 Å². The van der Waals surface area contributed by atoms with Crippen LogP contribution in [0.15, 0.2) is 72.8 Å². The van der Waals surface area contributed by atoms with Crippen LogP contribution in [0.5, 0.6) is 11.5 Å². The number of benzene rings is 3. The summed E-state index contributed by atoms with van der Waals surface area (Å²) >= 11 is 0. The quantitative estimate of drug-likeness (QED) is 0.319. The van der Waals surface area contributed by atoms with Gasteiger partial charge in [0.2, 0.25) is 0 Å². The third kappa shape index (κ3) is 5.20. The number of unbranched alkanes of at least 4 members (excludes halogenated alkanes) is 2. The maximum atomic E-state index is 12.1. The lowest BCUT2D eigenvalue weighted by Gasteiger charge is -2.07. The molecule has 0 aromatic heterocycles. The van der Waals surface area contributed by atoms with Crippen molar-refractivity contribution in [2.75, 3.05) is 0 Å². The second-order valence-electron chi connectivity index (χ2n) is 6.61. The topological polar surface area (TPSA) is 46.5 Å². The molecule has 1 N–H and O–H groups in total. The molecular formula is C24H24O3. The third-order valence-electron chi connectivity index (χ3n) is 4.52. The number of carbonyl (C=O) groups is 1. The molecule has 0 amide bonds.